The SMILES string of the molecule is O=C(Nc1ccc2cc[nH]c2c1)N1CCOC(c2cccc(OC(F)F)c2)C1. The number of aromatic amines is 1. The summed E-state index contributed by atoms with van der Waals surface area (Å²) < 4.78 is 35.0. The van der Waals surface area contributed by atoms with E-state index in [1.54, 1.807) is 17.0 Å². The van der Waals surface area contributed by atoms with Gasteiger partial charge < -0.3 is 24.7 Å². The number of morpholine rings is 1. The zero-order valence-corrected chi connectivity index (χ0v) is 14.9. The van der Waals surface area contributed by atoms with Crippen LogP contribution in [0.2, 0.25) is 0 Å². The van der Waals surface area contributed by atoms with Gasteiger partial charge in [0.15, 0.2) is 0 Å². The molecule has 0 radical (unpaired) electrons. The van der Waals surface area contributed by atoms with E-state index in [2.05, 4.69) is 15.0 Å². The highest BCUT2D eigenvalue weighted by Gasteiger charge is 2.26. The lowest BCUT2D eigenvalue weighted by atomic mass is 10.1. The van der Waals surface area contributed by atoms with E-state index in [9.17, 15) is 13.6 Å². The number of alkyl halides is 2. The molecule has 0 spiro atoms. The third-order valence-electron chi connectivity index (χ3n) is 4.62. The molecule has 1 aliphatic rings. The molecule has 0 saturated carbocycles. The molecule has 2 amide bonds. The highest BCUT2D eigenvalue weighted by molar-refractivity contribution is 5.92. The summed E-state index contributed by atoms with van der Waals surface area (Å²) in [5.41, 5.74) is 2.31. The van der Waals surface area contributed by atoms with Crippen molar-refractivity contribution in [2.75, 3.05) is 25.0 Å². The first-order valence-corrected chi connectivity index (χ1v) is 8.88. The zero-order valence-electron chi connectivity index (χ0n) is 14.9. The van der Waals surface area contributed by atoms with Crippen LogP contribution in [-0.2, 0) is 4.74 Å². The first-order chi connectivity index (χ1) is 13.6. The summed E-state index contributed by atoms with van der Waals surface area (Å²) >= 11 is 0. The average Bonchev–Trinajstić information content (AvgIpc) is 3.15. The maximum Gasteiger partial charge on any atom is 0.387 e. The van der Waals surface area contributed by atoms with Crippen LogP contribution < -0.4 is 10.1 Å². The second-order valence-electron chi connectivity index (χ2n) is 6.47. The van der Waals surface area contributed by atoms with Gasteiger partial charge >= 0.3 is 12.6 Å². The molecule has 2 N–H and O–H groups in total. The van der Waals surface area contributed by atoms with E-state index in [1.165, 1.54) is 12.1 Å². The predicted octanol–water partition coefficient (Wildman–Crippen LogP) is 4.37. The number of rotatable bonds is 4. The molecule has 2 aromatic carbocycles. The molecule has 8 heteroatoms. The molecule has 146 valence electrons. The number of anilines is 1. The fourth-order valence-corrected chi connectivity index (χ4v) is 3.25. The Hall–Kier alpha value is -3.13. The van der Waals surface area contributed by atoms with E-state index in [0.717, 1.165) is 10.9 Å². The Morgan fingerprint density at radius 3 is 3.00 bits per heavy atom. The third-order valence-corrected chi connectivity index (χ3v) is 4.62. The van der Waals surface area contributed by atoms with Gasteiger partial charge in [0.2, 0.25) is 0 Å². The summed E-state index contributed by atoms with van der Waals surface area (Å²) in [5, 5.41) is 3.96. The van der Waals surface area contributed by atoms with E-state index in [1.807, 2.05) is 30.5 Å². The Balaban J connectivity index is 1.43. The summed E-state index contributed by atoms with van der Waals surface area (Å²) in [6.45, 7) is -1.77. The van der Waals surface area contributed by atoms with E-state index in [4.69, 9.17) is 4.74 Å². The highest BCUT2D eigenvalue weighted by Crippen LogP contribution is 2.27. The van der Waals surface area contributed by atoms with Gasteiger partial charge in [-0.2, -0.15) is 8.78 Å². The minimum absolute atomic E-state index is 0.0666. The lowest BCUT2D eigenvalue weighted by Gasteiger charge is -2.33. The maximum absolute atomic E-state index is 12.7. The highest BCUT2D eigenvalue weighted by atomic mass is 19.3. The van der Waals surface area contributed by atoms with E-state index < -0.39 is 12.7 Å². The number of nitrogens with one attached hydrogen (secondary N) is 2. The summed E-state index contributed by atoms with van der Waals surface area (Å²) in [4.78, 5) is 17.4. The van der Waals surface area contributed by atoms with E-state index in [-0.39, 0.29) is 11.8 Å². The number of fused-ring (bicyclic) bond motifs is 1. The molecule has 4 rings (SSSR count). The Kier molecular flexibility index (Phi) is 5.12. The number of hydrogen-bond donors (Lipinski definition) is 2. The Bertz CT molecular complexity index is 976. The van der Waals surface area contributed by atoms with Crippen molar-refractivity contribution in [1.29, 1.82) is 0 Å². The molecule has 1 aromatic heterocycles. The first kappa shape index (κ1) is 18.2. The minimum atomic E-state index is -2.89. The molecule has 0 aliphatic carbocycles. The van der Waals surface area contributed by atoms with Gasteiger partial charge in [-0.3, -0.25) is 0 Å². The molecule has 2 heterocycles. The number of urea groups is 1. The van der Waals surface area contributed by atoms with Gasteiger partial charge in [-0.25, -0.2) is 4.79 Å². The van der Waals surface area contributed by atoms with Crippen molar-refractivity contribution in [1.82, 2.24) is 9.88 Å². The maximum atomic E-state index is 12.7. The molecule has 3 aromatic rings. The molecule has 1 unspecified atom stereocenters. The standard InChI is InChI=1S/C20H19F2N3O3/c21-19(22)28-16-3-1-2-14(10-16)18-12-25(8-9-27-18)20(26)24-15-5-4-13-6-7-23-17(13)11-15/h1-7,10-11,18-19,23H,8-9,12H2,(H,24,26). The van der Waals surface area contributed by atoms with Crippen LogP contribution in [0.1, 0.15) is 11.7 Å². The van der Waals surface area contributed by atoms with Crippen molar-refractivity contribution in [2.24, 2.45) is 0 Å². The van der Waals surface area contributed by atoms with Crippen LogP contribution in [-0.4, -0.2) is 42.2 Å². The molecule has 1 saturated heterocycles. The normalized spacial score (nSPS) is 17.1. The summed E-state index contributed by atoms with van der Waals surface area (Å²) in [6.07, 6.45) is 1.43. The topological polar surface area (TPSA) is 66.6 Å². The van der Waals surface area contributed by atoms with Gasteiger partial charge in [-0.15, -0.1) is 0 Å². The van der Waals surface area contributed by atoms with Crippen molar-refractivity contribution in [3.05, 3.63) is 60.3 Å². The number of amides is 2. The molecule has 28 heavy (non-hydrogen) atoms. The van der Waals surface area contributed by atoms with Crippen molar-refractivity contribution in [3.8, 4) is 5.75 Å². The number of carbonyl (C=O) groups excluding carboxylic acids is 1. The Morgan fingerprint density at radius 1 is 1.25 bits per heavy atom. The van der Waals surface area contributed by atoms with Crippen molar-refractivity contribution >= 4 is 22.6 Å². The molecule has 1 aliphatic heterocycles. The van der Waals surface area contributed by atoms with Crippen LogP contribution in [0.25, 0.3) is 10.9 Å². The predicted molar refractivity (Wildman–Crippen MR) is 101 cm³/mol. The largest absolute Gasteiger partial charge is 0.435 e. The fourth-order valence-electron chi connectivity index (χ4n) is 3.25. The summed E-state index contributed by atoms with van der Waals surface area (Å²) in [5.74, 6) is 0.0666. The van der Waals surface area contributed by atoms with Gasteiger partial charge in [-0.05, 0) is 41.3 Å². The number of ether oxygens (including phenoxy) is 2. The number of benzene rings is 2. The molecular formula is C20H19F2N3O3. The number of carbonyl (C=O) groups is 1. The Labute approximate surface area is 160 Å². The summed E-state index contributed by atoms with van der Waals surface area (Å²) in [6, 6.07) is 13.7. The van der Waals surface area contributed by atoms with Crippen LogP contribution in [0.5, 0.6) is 5.75 Å². The van der Waals surface area contributed by atoms with Gasteiger partial charge in [0.05, 0.1) is 13.2 Å². The lowest BCUT2D eigenvalue weighted by molar-refractivity contribution is -0.0503. The van der Waals surface area contributed by atoms with E-state index in [0.29, 0.717) is 30.9 Å². The monoisotopic (exact) mass is 387 g/mol. The number of H-pyrrole nitrogens is 1. The second-order valence-corrected chi connectivity index (χ2v) is 6.47. The number of aromatic nitrogens is 1. The molecule has 0 bridgehead atoms. The smallest absolute Gasteiger partial charge is 0.387 e. The van der Waals surface area contributed by atoms with Crippen molar-refractivity contribution in [2.45, 2.75) is 12.7 Å². The van der Waals surface area contributed by atoms with E-state index >= 15 is 0 Å². The minimum Gasteiger partial charge on any atom is -0.435 e. The number of halogens is 2. The molecular weight excluding hydrogens is 368 g/mol. The third kappa shape index (κ3) is 4.07. The zero-order chi connectivity index (χ0) is 19.5. The van der Waals surface area contributed by atoms with Gasteiger partial charge in [-0.1, -0.05) is 18.2 Å². The summed E-state index contributed by atoms with van der Waals surface area (Å²) in [7, 11) is 0. The second kappa shape index (κ2) is 7.85. The van der Waals surface area contributed by atoms with Gasteiger partial charge in [0.25, 0.3) is 0 Å². The molecule has 6 nitrogen and oxygen atoms in total. The van der Waals surface area contributed by atoms with Crippen molar-refractivity contribution in [3.63, 3.8) is 0 Å². The van der Waals surface area contributed by atoms with Crippen molar-refractivity contribution < 1.29 is 23.0 Å². The first-order valence-electron chi connectivity index (χ1n) is 8.88. The number of hydrogen-bond acceptors (Lipinski definition) is 3. The molecule has 1 fully saturated rings. The fraction of sp³-hybridized carbons (Fsp3) is 0.250. The van der Waals surface area contributed by atoms with Crippen LogP contribution >= 0.6 is 0 Å². The van der Waals surface area contributed by atoms with Crippen LogP contribution in [0.3, 0.4) is 0 Å². The van der Waals surface area contributed by atoms with Gasteiger partial charge in [0.1, 0.15) is 11.9 Å². The molecule has 1 atom stereocenters. The van der Waals surface area contributed by atoms with Crippen LogP contribution in [0.15, 0.2) is 54.7 Å². The van der Waals surface area contributed by atoms with Gasteiger partial charge in [0, 0.05) is 23.9 Å². The van der Waals surface area contributed by atoms with Crippen LogP contribution in [0.4, 0.5) is 19.3 Å². The quantitative estimate of drug-likeness (QED) is 0.698. The van der Waals surface area contributed by atoms with Crippen LogP contribution in [0, 0.1) is 0 Å². The average molecular weight is 387 g/mol. The number of nitrogens with zero attached hydrogens (tertiary/aromatic N) is 1. The lowest BCUT2D eigenvalue weighted by Crippen LogP contribution is -2.44. The Morgan fingerprint density at radius 2 is 2.14 bits per heavy atom.